The molecule has 2 fully saturated rings. The molecular weight excluding hydrogens is 352 g/mol. The summed E-state index contributed by atoms with van der Waals surface area (Å²) in [6, 6.07) is 9.79. The quantitative estimate of drug-likeness (QED) is 0.751. The van der Waals surface area contributed by atoms with Crippen molar-refractivity contribution >= 4 is 5.82 Å². The molecule has 2 aromatic heterocycles. The number of nitrogens with zero attached hydrogens (tertiary/aromatic N) is 6. The Morgan fingerprint density at radius 3 is 2.36 bits per heavy atom. The first kappa shape index (κ1) is 17.2. The monoisotopic (exact) mass is 376 g/mol. The number of rotatable bonds is 4. The lowest BCUT2D eigenvalue weighted by molar-refractivity contribution is 0.312. The molecule has 2 aliphatic carbocycles. The van der Waals surface area contributed by atoms with Crippen molar-refractivity contribution in [3.05, 3.63) is 42.7 Å². The summed E-state index contributed by atoms with van der Waals surface area (Å²) in [6.45, 7) is 0. The molecule has 2 heterocycles. The van der Waals surface area contributed by atoms with Crippen molar-refractivity contribution < 1.29 is 5.11 Å². The molecule has 5 rings (SSSR count). The van der Waals surface area contributed by atoms with Crippen LogP contribution in [0.1, 0.15) is 32.1 Å². The summed E-state index contributed by atoms with van der Waals surface area (Å²) in [5.41, 5.74) is 1.99. The highest BCUT2D eigenvalue weighted by molar-refractivity contribution is 5.68. The molecule has 2 aliphatic rings. The van der Waals surface area contributed by atoms with E-state index in [1.807, 2.05) is 24.3 Å². The summed E-state index contributed by atoms with van der Waals surface area (Å²) >= 11 is 0. The van der Waals surface area contributed by atoms with E-state index < -0.39 is 0 Å². The Morgan fingerprint density at radius 2 is 1.71 bits per heavy atom. The molecule has 28 heavy (non-hydrogen) atoms. The van der Waals surface area contributed by atoms with Crippen LogP contribution in [0.15, 0.2) is 42.7 Å². The summed E-state index contributed by atoms with van der Waals surface area (Å²) in [7, 11) is 2.13. The van der Waals surface area contributed by atoms with E-state index in [1.54, 1.807) is 18.5 Å². The average Bonchev–Trinajstić information content (AvgIpc) is 3.37. The maximum Gasteiger partial charge on any atom is 0.151 e. The minimum Gasteiger partial charge on any atom is -0.507 e. The normalized spacial score (nSPS) is 23.7. The fourth-order valence-corrected chi connectivity index (χ4v) is 4.84. The highest BCUT2D eigenvalue weighted by Gasteiger charge is 2.36. The number of fused-ring (bicyclic) bond motifs is 2. The highest BCUT2D eigenvalue weighted by Crippen LogP contribution is 2.43. The number of aromatic hydroxyl groups is 1. The summed E-state index contributed by atoms with van der Waals surface area (Å²) in [4.78, 5) is 3.75. The molecule has 7 nitrogen and oxygen atoms in total. The molecule has 0 saturated heterocycles. The van der Waals surface area contributed by atoms with E-state index in [-0.39, 0.29) is 5.75 Å². The number of benzene rings is 1. The Morgan fingerprint density at radius 1 is 0.964 bits per heavy atom. The second-order valence-corrected chi connectivity index (χ2v) is 8.08. The van der Waals surface area contributed by atoms with Crippen LogP contribution in [0, 0.1) is 11.8 Å². The zero-order valence-electron chi connectivity index (χ0n) is 15.9. The van der Waals surface area contributed by atoms with E-state index in [0.29, 0.717) is 23.0 Å². The van der Waals surface area contributed by atoms with E-state index in [9.17, 15) is 5.11 Å². The molecule has 1 aromatic carbocycles. The SMILES string of the molecule is CN(c1ccc(-c2ccc(-n3nccn3)cc2O)nn1)C1C[C@H]2CC[C@@H](C1)C2. The van der Waals surface area contributed by atoms with E-state index in [0.717, 1.165) is 17.7 Å². The highest BCUT2D eigenvalue weighted by atomic mass is 16.3. The Kier molecular flexibility index (Phi) is 4.22. The van der Waals surface area contributed by atoms with Gasteiger partial charge >= 0.3 is 0 Å². The van der Waals surface area contributed by atoms with Crippen LogP contribution in [0.3, 0.4) is 0 Å². The van der Waals surface area contributed by atoms with Gasteiger partial charge < -0.3 is 10.0 Å². The Hall–Kier alpha value is -2.96. The number of hydrogen-bond donors (Lipinski definition) is 1. The van der Waals surface area contributed by atoms with Gasteiger partial charge in [0.1, 0.15) is 5.75 Å². The first-order valence-corrected chi connectivity index (χ1v) is 9.94. The van der Waals surface area contributed by atoms with Crippen molar-refractivity contribution in [2.75, 3.05) is 11.9 Å². The number of phenols is 1. The van der Waals surface area contributed by atoms with Crippen LogP contribution in [0.2, 0.25) is 0 Å². The van der Waals surface area contributed by atoms with Crippen LogP contribution in [0.25, 0.3) is 16.9 Å². The molecule has 7 heteroatoms. The van der Waals surface area contributed by atoms with Crippen molar-refractivity contribution in [1.29, 1.82) is 0 Å². The Labute approximate surface area is 164 Å². The van der Waals surface area contributed by atoms with Gasteiger partial charge in [0.05, 0.1) is 23.8 Å². The van der Waals surface area contributed by atoms with Gasteiger partial charge in [0.15, 0.2) is 5.82 Å². The molecule has 3 atom stereocenters. The van der Waals surface area contributed by atoms with Gasteiger partial charge in [-0.25, -0.2) is 0 Å². The smallest absolute Gasteiger partial charge is 0.151 e. The summed E-state index contributed by atoms with van der Waals surface area (Å²) in [5.74, 6) is 2.80. The van der Waals surface area contributed by atoms with Gasteiger partial charge in [0, 0.05) is 24.7 Å². The molecule has 0 amide bonds. The molecule has 0 aliphatic heterocycles. The number of aromatic nitrogens is 5. The third-order valence-corrected chi connectivity index (χ3v) is 6.33. The minimum absolute atomic E-state index is 0.133. The van der Waals surface area contributed by atoms with E-state index in [1.165, 1.54) is 36.9 Å². The molecule has 1 N–H and O–H groups in total. The van der Waals surface area contributed by atoms with Gasteiger partial charge in [-0.1, -0.05) is 12.8 Å². The van der Waals surface area contributed by atoms with Crippen LogP contribution in [-0.2, 0) is 0 Å². The number of phenolic OH excluding ortho intramolecular Hbond substituents is 1. The van der Waals surface area contributed by atoms with Crippen LogP contribution in [-0.4, -0.2) is 43.4 Å². The van der Waals surface area contributed by atoms with Gasteiger partial charge in [-0.2, -0.15) is 15.0 Å². The zero-order chi connectivity index (χ0) is 19.1. The van der Waals surface area contributed by atoms with Gasteiger partial charge in [-0.3, -0.25) is 0 Å². The zero-order valence-corrected chi connectivity index (χ0v) is 15.9. The lowest BCUT2D eigenvalue weighted by Crippen LogP contribution is -2.37. The second-order valence-electron chi connectivity index (χ2n) is 8.08. The van der Waals surface area contributed by atoms with Crippen molar-refractivity contribution in [2.24, 2.45) is 11.8 Å². The van der Waals surface area contributed by atoms with Crippen LogP contribution < -0.4 is 4.90 Å². The van der Waals surface area contributed by atoms with Crippen LogP contribution >= 0.6 is 0 Å². The molecule has 0 radical (unpaired) electrons. The first-order chi connectivity index (χ1) is 13.7. The Bertz CT molecular complexity index is 944. The van der Waals surface area contributed by atoms with Crippen molar-refractivity contribution in [3.8, 4) is 22.7 Å². The number of anilines is 1. The summed E-state index contributed by atoms with van der Waals surface area (Å²) in [5, 5.41) is 27.4. The van der Waals surface area contributed by atoms with Gasteiger partial charge in [-0.15, -0.1) is 10.2 Å². The Balaban J connectivity index is 1.35. The fraction of sp³-hybridized carbons (Fsp3) is 0.429. The molecule has 1 unspecified atom stereocenters. The molecule has 2 bridgehead atoms. The molecule has 144 valence electrons. The van der Waals surface area contributed by atoms with Gasteiger partial charge in [0.2, 0.25) is 0 Å². The molecule has 3 aromatic rings. The summed E-state index contributed by atoms with van der Waals surface area (Å²) < 4.78 is 0. The van der Waals surface area contributed by atoms with E-state index >= 15 is 0 Å². The first-order valence-electron chi connectivity index (χ1n) is 9.94. The van der Waals surface area contributed by atoms with Crippen molar-refractivity contribution in [2.45, 2.75) is 38.1 Å². The minimum atomic E-state index is 0.133. The molecule has 2 saturated carbocycles. The molecular formula is C21H24N6O. The second kappa shape index (κ2) is 6.89. The van der Waals surface area contributed by atoms with Gasteiger partial charge in [0.25, 0.3) is 0 Å². The largest absolute Gasteiger partial charge is 0.507 e. The standard InChI is InChI=1S/C21H24N6O/c1-26(17-11-14-2-3-15(10-14)12-17)21-7-6-19(24-25-21)18-5-4-16(13-20(18)28)27-22-8-9-23-27/h4-9,13-15,17,28H,2-3,10-12H2,1H3/t14-,15+,17?. The fourth-order valence-electron chi connectivity index (χ4n) is 4.84. The summed E-state index contributed by atoms with van der Waals surface area (Å²) in [6.07, 6.45) is 9.93. The van der Waals surface area contributed by atoms with E-state index in [4.69, 9.17) is 0 Å². The maximum atomic E-state index is 10.4. The predicted molar refractivity (Wildman–Crippen MR) is 106 cm³/mol. The van der Waals surface area contributed by atoms with Gasteiger partial charge in [-0.05, 0) is 55.4 Å². The van der Waals surface area contributed by atoms with Crippen molar-refractivity contribution in [3.63, 3.8) is 0 Å². The average molecular weight is 376 g/mol. The maximum absolute atomic E-state index is 10.4. The topological polar surface area (TPSA) is 80.0 Å². The third kappa shape index (κ3) is 3.10. The van der Waals surface area contributed by atoms with E-state index in [2.05, 4.69) is 32.3 Å². The lowest BCUT2D eigenvalue weighted by atomic mass is 9.85. The van der Waals surface area contributed by atoms with Crippen molar-refractivity contribution in [1.82, 2.24) is 25.2 Å². The number of hydrogen-bond acceptors (Lipinski definition) is 6. The van der Waals surface area contributed by atoms with Crippen LogP contribution in [0.4, 0.5) is 5.82 Å². The lowest BCUT2D eigenvalue weighted by Gasteiger charge is -2.35. The predicted octanol–water partition coefficient (Wildman–Crippen LogP) is 3.44. The third-order valence-electron chi connectivity index (χ3n) is 6.33. The van der Waals surface area contributed by atoms with Crippen LogP contribution in [0.5, 0.6) is 5.75 Å². The molecule has 0 spiro atoms.